The van der Waals surface area contributed by atoms with Gasteiger partial charge in [-0.3, -0.25) is 0 Å². The summed E-state index contributed by atoms with van der Waals surface area (Å²) in [6.45, 7) is 0. The van der Waals surface area contributed by atoms with E-state index in [9.17, 15) is 13.2 Å². The molecule has 0 nitrogen and oxygen atoms in total. The lowest BCUT2D eigenvalue weighted by Gasteiger charge is -2.04. The zero-order valence-corrected chi connectivity index (χ0v) is 6.04. The first-order chi connectivity index (χ1) is 3.85. The van der Waals surface area contributed by atoms with Crippen molar-refractivity contribution in [3.63, 3.8) is 0 Å². The first-order valence-corrected chi connectivity index (χ1v) is 2.77. The Kier molecular flexibility index (Phi) is 3.12. The fourth-order valence-electron chi connectivity index (χ4n) is 0.107. The highest BCUT2D eigenvalue weighted by molar-refractivity contribution is 6.69. The standard InChI is InChI=1S/C3Cl3F3/c4-3(5,6)1(7)2(8)9. The van der Waals surface area contributed by atoms with Gasteiger partial charge in [-0.2, -0.15) is 8.78 Å². The van der Waals surface area contributed by atoms with Gasteiger partial charge in [0.2, 0.25) is 9.62 Å². The Bertz CT molecular complexity index is 132. The Morgan fingerprint density at radius 2 is 1.33 bits per heavy atom. The number of halogens is 6. The van der Waals surface area contributed by atoms with Crippen LogP contribution >= 0.6 is 34.8 Å². The van der Waals surface area contributed by atoms with E-state index >= 15 is 0 Å². The first-order valence-electron chi connectivity index (χ1n) is 1.63. The van der Waals surface area contributed by atoms with E-state index in [2.05, 4.69) is 0 Å². The van der Waals surface area contributed by atoms with Gasteiger partial charge >= 0.3 is 6.08 Å². The van der Waals surface area contributed by atoms with Crippen molar-refractivity contribution in [1.29, 1.82) is 0 Å². The molecule has 0 N–H and O–H groups in total. The van der Waals surface area contributed by atoms with Gasteiger partial charge in [0, 0.05) is 0 Å². The lowest BCUT2D eigenvalue weighted by atomic mass is 10.6. The molecule has 0 aromatic carbocycles. The summed E-state index contributed by atoms with van der Waals surface area (Å²) in [5, 5.41) is 0. The molecule has 0 unspecified atom stereocenters. The van der Waals surface area contributed by atoms with E-state index in [0.29, 0.717) is 0 Å². The van der Waals surface area contributed by atoms with Crippen molar-refractivity contribution in [2.45, 2.75) is 3.79 Å². The summed E-state index contributed by atoms with van der Waals surface area (Å²) in [5.74, 6) is -2.03. The van der Waals surface area contributed by atoms with Gasteiger partial charge < -0.3 is 0 Å². The number of alkyl halides is 3. The zero-order chi connectivity index (χ0) is 7.65. The van der Waals surface area contributed by atoms with Crippen LogP contribution in [0.15, 0.2) is 11.9 Å². The number of allylic oxidation sites excluding steroid dienone is 1. The Morgan fingerprint density at radius 1 is 1.00 bits per heavy atom. The van der Waals surface area contributed by atoms with E-state index in [1.807, 2.05) is 0 Å². The smallest absolute Gasteiger partial charge is 0.201 e. The van der Waals surface area contributed by atoms with E-state index in [1.165, 1.54) is 0 Å². The maximum absolute atomic E-state index is 11.8. The SMILES string of the molecule is FC(F)=C(F)C(Cl)(Cl)Cl. The molecule has 0 aliphatic carbocycles. The molecule has 0 saturated carbocycles. The van der Waals surface area contributed by atoms with Crippen LogP contribution in [0.5, 0.6) is 0 Å². The summed E-state index contributed by atoms with van der Waals surface area (Å²) in [7, 11) is 0. The molecule has 0 bridgehead atoms. The third kappa shape index (κ3) is 3.18. The molecule has 0 fully saturated rings. The van der Waals surface area contributed by atoms with Crippen LogP contribution in [0.4, 0.5) is 13.2 Å². The lowest BCUT2D eigenvalue weighted by Crippen LogP contribution is -2.02. The second kappa shape index (κ2) is 2.99. The molecule has 9 heavy (non-hydrogen) atoms. The van der Waals surface area contributed by atoms with Crippen LogP contribution < -0.4 is 0 Å². The van der Waals surface area contributed by atoms with Crippen molar-refractivity contribution in [1.82, 2.24) is 0 Å². The normalized spacial score (nSPS) is 11.3. The summed E-state index contributed by atoms with van der Waals surface area (Å²) in [6, 6.07) is 0. The largest absolute Gasteiger partial charge is 0.306 e. The molecule has 0 aromatic heterocycles. The molecule has 0 aromatic rings. The zero-order valence-electron chi connectivity index (χ0n) is 3.77. The second-order valence-electron chi connectivity index (χ2n) is 1.07. The second-order valence-corrected chi connectivity index (χ2v) is 3.35. The average Bonchev–Trinajstić information content (AvgIpc) is 1.62. The van der Waals surface area contributed by atoms with Crippen molar-refractivity contribution in [2.24, 2.45) is 0 Å². The maximum atomic E-state index is 11.8. The highest BCUT2D eigenvalue weighted by Crippen LogP contribution is 2.37. The number of hydrogen-bond donors (Lipinski definition) is 0. The molecule has 6 heteroatoms. The minimum Gasteiger partial charge on any atom is -0.201 e. The third-order valence-corrected chi connectivity index (χ3v) is 0.913. The molecule has 0 amide bonds. The van der Waals surface area contributed by atoms with E-state index in [1.54, 1.807) is 0 Å². The molecule has 0 rings (SSSR count). The highest BCUT2D eigenvalue weighted by Gasteiger charge is 2.30. The quantitative estimate of drug-likeness (QED) is 0.524. The van der Waals surface area contributed by atoms with Crippen molar-refractivity contribution < 1.29 is 13.2 Å². The Morgan fingerprint density at radius 3 is 1.33 bits per heavy atom. The molecule has 54 valence electrons. The molecule has 0 heterocycles. The maximum Gasteiger partial charge on any atom is 0.306 e. The van der Waals surface area contributed by atoms with E-state index in [0.717, 1.165) is 0 Å². The predicted octanol–water partition coefficient (Wildman–Crippen LogP) is 3.43. The van der Waals surface area contributed by atoms with Crippen LogP contribution in [0.2, 0.25) is 0 Å². The van der Waals surface area contributed by atoms with Gasteiger partial charge in [-0.05, 0) is 0 Å². The fourth-order valence-corrected chi connectivity index (χ4v) is 0.321. The lowest BCUT2D eigenvalue weighted by molar-refractivity contribution is 0.376. The van der Waals surface area contributed by atoms with Crippen molar-refractivity contribution in [3.8, 4) is 0 Å². The Balaban J connectivity index is 4.40. The van der Waals surface area contributed by atoms with Crippen LogP contribution in [-0.2, 0) is 0 Å². The van der Waals surface area contributed by atoms with Crippen molar-refractivity contribution >= 4 is 34.8 Å². The minimum atomic E-state index is -2.64. The molecule has 0 saturated heterocycles. The van der Waals surface area contributed by atoms with Crippen molar-refractivity contribution in [3.05, 3.63) is 11.9 Å². The molecule has 0 atom stereocenters. The van der Waals surface area contributed by atoms with Gasteiger partial charge in [-0.15, -0.1) is 0 Å². The Hall–Kier alpha value is 0.400. The summed E-state index contributed by atoms with van der Waals surface area (Å²) in [4.78, 5) is 0. The summed E-state index contributed by atoms with van der Waals surface area (Å²) in [5.41, 5.74) is 0. The molecule has 0 aliphatic heterocycles. The van der Waals surface area contributed by atoms with Crippen LogP contribution in [0.3, 0.4) is 0 Å². The summed E-state index contributed by atoms with van der Waals surface area (Å²) in [6.07, 6.45) is -2.62. The van der Waals surface area contributed by atoms with Gasteiger partial charge in [0.1, 0.15) is 0 Å². The third-order valence-electron chi connectivity index (χ3n) is 0.415. The van der Waals surface area contributed by atoms with Crippen LogP contribution in [0.1, 0.15) is 0 Å². The van der Waals surface area contributed by atoms with Gasteiger partial charge in [0.15, 0.2) is 0 Å². The van der Waals surface area contributed by atoms with Crippen LogP contribution in [0, 0.1) is 0 Å². The monoisotopic (exact) mass is 198 g/mol. The molecular weight excluding hydrogens is 199 g/mol. The number of hydrogen-bond acceptors (Lipinski definition) is 0. The average molecular weight is 199 g/mol. The minimum absolute atomic E-state index is 2.03. The van der Waals surface area contributed by atoms with Gasteiger partial charge in [-0.25, -0.2) is 4.39 Å². The van der Waals surface area contributed by atoms with Gasteiger partial charge in [-0.1, -0.05) is 34.8 Å². The molecular formula is C3Cl3F3. The van der Waals surface area contributed by atoms with E-state index in [4.69, 9.17) is 34.8 Å². The summed E-state index contributed by atoms with van der Waals surface area (Å²) >= 11 is 14.1. The van der Waals surface area contributed by atoms with E-state index in [-0.39, 0.29) is 0 Å². The fraction of sp³-hybridized carbons (Fsp3) is 0.333. The van der Waals surface area contributed by atoms with Crippen LogP contribution in [-0.4, -0.2) is 3.79 Å². The van der Waals surface area contributed by atoms with Crippen LogP contribution in [0.25, 0.3) is 0 Å². The molecule has 0 spiro atoms. The number of rotatable bonds is 0. The Labute approximate surface area is 64.2 Å². The molecule has 0 aliphatic rings. The highest BCUT2D eigenvalue weighted by atomic mass is 35.6. The topological polar surface area (TPSA) is 0 Å². The first kappa shape index (κ1) is 9.40. The summed E-state index contributed by atoms with van der Waals surface area (Å²) < 4.78 is 31.5. The van der Waals surface area contributed by atoms with Gasteiger partial charge in [0.25, 0.3) is 0 Å². The predicted molar refractivity (Wildman–Crippen MR) is 30.6 cm³/mol. The van der Waals surface area contributed by atoms with Crippen molar-refractivity contribution in [2.75, 3.05) is 0 Å². The van der Waals surface area contributed by atoms with E-state index < -0.39 is 15.7 Å². The molecule has 0 radical (unpaired) electrons. The van der Waals surface area contributed by atoms with Gasteiger partial charge in [0.05, 0.1) is 0 Å².